The van der Waals surface area contributed by atoms with Crippen LogP contribution in [0.1, 0.15) is 39.0 Å². The van der Waals surface area contributed by atoms with E-state index >= 15 is 0 Å². The first-order valence-electron chi connectivity index (χ1n) is 6.73. The van der Waals surface area contributed by atoms with Crippen molar-refractivity contribution in [3.63, 3.8) is 0 Å². The molecule has 98 valence electrons. The summed E-state index contributed by atoms with van der Waals surface area (Å²) >= 11 is 0. The molecule has 0 aromatic carbocycles. The zero-order chi connectivity index (χ0) is 12.3. The van der Waals surface area contributed by atoms with E-state index in [-0.39, 0.29) is 0 Å². The second-order valence-corrected chi connectivity index (χ2v) is 4.57. The maximum atomic E-state index is 9.37. The summed E-state index contributed by atoms with van der Waals surface area (Å²) in [4.78, 5) is 2.47. The van der Waals surface area contributed by atoms with Gasteiger partial charge in [0, 0.05) is 13.2 Å². The molecule has 0 bridgehead atoms. The van der Waals surface area contributed by atoms with Gasteiger partial charge in [-0.05, 0) is 45.7 Å². The Bertz CT molecular complexity index is 238. The average molecular weight is 239 g/mol. The third-order valence-corrected chi connectivity index (χ3v) is 3.08. The zero-order valence-electron chi connectivity index (χ0n) is 11.0. The fourth-order valence-corrected chi connectivity index (χ4v) is 2.10. The van der Waals surface area contributed by atoms with Gasteiger partial charge in [0.25, 0.3) is 0 Å². The van der Waals surface area contributed by atoms with Crippen molar-refractivity contribution in [2.75, 3.05) is 32.8 Å². The van der Waals surface area contributed by atoms with E-state index in [1.807, 2.05) is 0 Å². The van der Waals surface area contributed by atoms with E-state index in [1.165, 1.54) is 32.4 Å². The molecular formula is C14H25NO2. The lowest BCUT2D eigenvalue weighted by atomic mass is 10.1. The molecule has 0 spiro atoms. The summed E-state index contributed by atoms with van der Waals surface area (Å²) < 4.78 is 5.56. The van der Waals surface area contributed by atoms with Crippen molar-refractivity contribution in [1.29, 1.82) is 0 Å². The van der Waals surface area contributed by atoms with E-state index in [0.717, 1.165) is 26.2 Å². The fraction of sp³-hybridized carbons (Fsp3) is 0.857. The molecule has 0 radical (unpaired) electrons. The Labute approximate surface area is 105 Å². The van der Waals surface area contributed by atoms with Gasteiger partial charge in [-0.1, -0.05) is 12.3 Å². The predicted molar refractivity (Wildman–Crippen MR) is 69.8 cm³/mol. The summed E-state index contributed by atoms with van der Waals surface area (Å²) in [6.07, 6.45) is 5.17. The van der Waals surface area contributed by atoms with Crippen LogP contribution in [0.25, 0.3) is 0 Å². The second-order valence-electron chi connectivity index (χ2n) is 4.57. The number of hydrogen-bond donors (Lipinski definition) is 1. The SMILES string of the molecule is CC#CC(O)CCCOCCN1CCCCC1. The van der Waals surface area contributed by atoms with Crippen LogP contribution in [0.5, 0.6) is 0 Å². The van der Waals surface area contributed by atoms with Crippen LogP contribution in [0.15, 0.2) is 0 Å². The topological polar surface area (TPSA) is 32.7 Å². The monoisotopic (exact) mass is 239 g/mol. The van der Waals surface area contributed by atoms with E-state index in [4.69, 9.17) is 4.74 Å². The van der Waals surface area contributed by atoms with Crippen molar-refractivity contribution in [3.8, 4) is 11.8 Å². The third kappa shape index (κ3) is 7.38. The van der Waals surface area contributed by atoms with Crippen LogP contribution < -0.4 is 0 Å². The van der Waals surface area contributed by atoms with Crippen LogP contribution in [-0.4, -0.2) is 49.0 Å². The summed E-state index contributed by atoms with van der Waals surface area (Å²) in [5.41, 5.74) is 0. The molecule has 3 heteroatoms. The van der Waals surface area contributed by atoms with E-state index < -0.39 is 6.10 Å². The quantitative estimate of drug-likeness (QED) is 0.542. The first kappa shape index (κ1) is 14.5. The van der Waals surface area contributed by atoms with Gasteiger partial charge in [0.2, 0.25) is 0 Å². The Balaban J connectivity index is 1.88. The predicted octanol–water partition coefficient (Wildman–Crippen LogP) is 1.65. The van der Waals surface area contributed by atoms with Gasteiger partial charge in [-0.15, -0.1) is 5.92 Å². The highest BCUT2D eigenvalue weighted by atomic mass is 16.5. The number of likely N-dealkylation sites (tertiary alicyclic amines) is 1. The van der Waals surface area contributed by atoms with E-state index in [1.54, 1.807) is 6.92 Å². The lowest BCUT2D eigenvalue weighted by Crippen LogP contribution is -2.32. The molecule has 1 aliphatic heterocycles. The van der Waals surface area contributed by atoms with Crippen LogP contribution in [0.2, 0.25) is 0 Å². The van der Waals surface area contributed by atoms with Crippen LogP contribution in [0.3, 0.4) is 0 Å². The first-order chi connectivity index (χ1) is 8.33. The number of aliphatic hydroxyl groups is 1. The number of ether oxygens (including phenoxy) is 1. The van der Waals surface area contributed by atoms with Crippen LogP contribution in [0.4, 0.5) is 0 Å². The summed E-state index contributed by atoms with van der Waals surface area (Å²) in [5.74, 6) is 5.44. The maximum absolute atomic E-state index is 9.37. The molecular weight excluding hydrogens is 214 g/mol. The smallest absolute Gasteiger partial charge is 0.114 e. The van der Waals surface area contributed by atoms with Gasteiger partial charge in [0.1, 0.15) is 6.10 Å². The molecule has 1 fully saturated rings. The summed E-state index contributed by atoms with van der Waals surface area (Å²) in [5, 5.41) is 9.37. The largest absolute Gasteiger partial charge is 0.380 e. The van der Waals surface area contributed by atoms with Crippen LogP contribution in [0, 0.1) is 11.8 Å². The van der Waals surface area contributed by atoms with E-state index in [0.29, 0.717) is 6.42 Å². The van der Waals surface area contributed by atoms with Gasteiger partial charge in [-0.3, -0.25) is 0 Å². The zero-order valence-corrected chi connectivity index (χ0v) is 11.0. The lowest BCUT2D eigenvalue weighted by molar-refractivity contribution is 0.0883. The van der Waals surface area contributed by atoms with Gasteiger partial charge < -0.3 is 14.7 Å². The number of hydrogen-bond acceptors (Lipinski definition) is 3. The number of piperidine rings is 1. The molecule has 1 aliphatic rings. The molecule has 1 N–H and O–H groups in total. The van der Waals surface area contributed by atoms with Crippen LogP contribution in [-0.2, 0) is 4.74 Å². The maximum Gasteiger partial charge on any atom is 0.114 e. The fourth-order valence-electron chi connectivity index (χ4n) is 2.10. The summed E-state index contributed by atoms with van der Waals surface area (Å²) in [6.45, 7) is 6.81. The Kier molecular flexibility index (Phi) is 8.08. The molecule has 1 heterocycles. The molecule has 0 aliphatic carbocycles. The van der Waals surface area contributed by atoms with Gasteiger partial charge >= 0.3 is 0 Å². The molecule has 1 rings (SSSR count). The van der Waals surface area contributed by atoms with E-state index in [2.05, 4.69) is 16.7 Å². The molecule has 1 atom stereocenters. The minimum absolute atomic E-state index is 0.481. The van der Waals surface area contributed by atoms with Gasteiger partial charge in [-0.25, -0.2) is 0 Å². The molecule has 17 heavy (non-hydrogen) atoms. The Hall–Kier alpha value is -0.560. The molecule has 3 nitrogen and oxygen atoms in total. The molecule has 0 aromatic rings. The summed E-state index contributed by atoms with van der Waals surface area (Å²) in [6, 6.07) is 0. The highest BCUT2D eigenvalue weighted by Gasteiger charge is 2.08. The second kappa shape index (κ2) is 9.47. The minimum atomic E-state index is -0.481. The molecule has 0 aromatic heterocycles. The Morgan fingerprint density at radius 1 is 1.24 bits per heavy atom. The standard InChI is InChI=1S/C14H25NO2/c1-2-7-14(16)8-6-12-17-13-11-15-9-4-3-5-10-15/h14,16H,3-6,8-13H2,1H3. The van der Waals surface area contributed by atoms with Crippen molar-refractivity contribution >= 4 is 0 Å². The lowest BCUT2D eigenvalue weighted by Gasteiger charge is -2.26. The first-order valence-corrected chi connectivity index (χ1v) is 6.73. The van der Waals surface area contributed by atoms with Gasteiger partial charge in [-0.2, -0.15) is 0 Å². The summed E-state index contributed by atoms with van der Waals surface area (Å²) in [7, 11) is 0. The highest BCUT2D eigenvalue weighted by Crippen LogP contribution is 2.07. The Morgan fingerprint density at radius 2 is 2.00 bits per heavy atom. The molecule has 0 amide bonds. The minimum Gasteiger partial charge on any atom is -0.380 e. The molecule has 1 saturated heterocycles. The number of nitrogens with zero attached hydrogens (tertiary/aromatic N) is 1. The Morgan fingerprint density at radius 3 is 2.71 bits per heavy atom. The van der Waals surface area contributed by atoms with Gasteiger partial charge in [0.15, 0.2) is 0 Å². The highest BCUT2D eigenvalue weighted by molar-refractivity contribution is 5.01. The number of aliphatic hydroxyl groups excluding tert-OH is 1. The van der Waals surface area contributed by atoms with E-state index in [9.17, 15) is 5.11 Å². The van der Waals surface area contributed by atoms with Crippen molar-refractivity contribution in [1.82, 2.24) is 4.90 Å². The third-order valence-electron chi connectivity index (χ3n) is 3.08. The average Bonchev–Trinajstić information content (AvgIpc) is 2.35. The van der Waals surface area contributed by atoms with Gasteiger partial charge in [0.05, 0.1) is 6.61 Å². The normalized spacial score (nSPS) is 18.5. The van der Waals surface area contributed by atoms with Crippen LogP contribution >= 0.6 is 0 Å². The van der Waals surface area contributed by atoms with Crippen molar-refractivity contribution in [2.24, 2.45) is 0 Å². The molecule has 0 saturated carbocycles. The van der Waals surface area contributed by atoms with Crippen molar-refractivity contribution in [2.45, 2.75) is 45.1 Å². The molecule has 1 unspecified atom stereocenters. The van der Waals surface area contributed by atoms with Crippen molar-refractivity contribution in [3.05, 3.63) is 0 Å². The number of rotatable bonds is 7. The van der Waals surface area contributed by atoms with Crippen molar-refractivity contribution < 1.29 is 9.84 Å².